The summed E-state index contributed by atoms with van der Waals surface area (Å²) in [6.07, 6.45) is 1.34. The molecule has 4 nitrogen and oxygen atoms in total. The van der Waals surface area contributed by atoms with Crippen LogP contribution in [0, 0.1) is 11.8 Å². The molecule has 0 bridgehead atoms. The van der Waals surface area contributed by atoms with E-state index < -0.39 is 30.0 Å². The first-order valence-corrected chi connectivity index (χ1v) is 4.63. The van der Waals surface area contributed by atoms with Crippen molar-refractivity contribution in [2.75, 3.05) is 0 Å². The highest BCUT2D eigenvalue weighted by molar-refractivity contribution is 5.70. The Bertz CT molecular complexity index is 212. The van der Waals surface area contributed by atoms with E-state index in [1.165, 1.54) is 13.0 Å². The first kappa shape index (κ1) is 13.1. The summed E-state index contributed by atoms with van der Waals surface area (Å²) in [6, 6.07) is 0. The van der Waals surface area contributed by atoms with Crippen molar-refractivity contribution in [3.05, 3.63) is 12.2 Å². The molecular formula is C10H18O4. The van der Waals surface area contributed by atoms with Gasteiger partial charge in [0.15, 0.2) is 0 Å². The van der Waals surface area contributed by atoms with Gasteiger partial charge in [-0.15, -0.1) is 0 Å². The number of aliphatic hydroxyl groups excluding tert-OH is 2. The normalized spacial score (nSPS) is 20.4. The van der Waals surface area contributed by atoms with Crippen molar-refractivity contribution in [1.29, 1.82) is 0 Å². The SMILES string of the molecule is C/C=C/[C@@H](O)[C@H](C)C(O)C(C)C(=O)O. The van der Waals surface area contributed by atoms with E-state index in [2.05, 4.69) is 0 Å². The second-order valence-electron chi connectivity index (χ2n) is 3.49. The third-order valence-electron chi connectivity index (χ3n) is 2.37. The zero-order valence-electron chi connectivity index (χ0n) is 8.71. The smallest absolute Gasteiger partial charge is 0.308 e. The molecule has 0 fully saturated rings. The van der Waals surface area contributed by atoms with Crippen LogP contribution in [0.15, 0.2) is 12.2 Å². The molecule has 0 spiro atoms. The lowest BCUT2D eigenvalue weighted by Gasteiger charge is -2.24. The maximum atomic E-state index is 10.6. The Morgan fingerprint density at radius 3 is 2.14 bits per heavy atom. The van der Waals surface area contributed by atoms with Crippen LogP contribution in [0.2, 0.25) is 0 Å². The van der Waals surface area contributed by atoms with Gasteiger partial charge in [0.2, 0.25) is 0 Å². The lowest BCUT2D eigenvalue weighted by molar-refractivity contribution is -0.146. The van der Waals surface area contributed by atoms with E-state index in [9.17, 15) is 15.0 Å². The van der Waals surface area contributed by atoms with Gasteiger partial charge >= 0.3 is 5.97 Å². The third kappa shape index (κ3) is 3.47. The van der Waals surface area contributed by atoms with Crippen LogP contribution in [-0.2, 0) is 4.79 Å². The molecule has 14 heavy (non-hydrogen) atoms. The van der Waals surface area contributed by atoms with Gasteiger partial charge in [-0.2, -0.15) is 0 Å². The molecule has 0 aliphatic rings. The average Bonchev–Trinajstić information content (AvgIpc) is 2.14. The summed E-state index contributed by atoms with van der Waals surface area (Å²) in [5.74, 6) is -2.42. The van der Waals surface area contributed by atoms with Crippen LogP contribution in [0.1, 0.15) is 20.8 Å². The summed E-state index contributed by atoms with van der Waals surface area (Å²) in [6.45, 7) is 4.80. The molecule has 0 aliphatic carbocycles. The number of allylic oxidation sites excluding steroid dienone is 1. The number of hydrogen-bond donors (Lipinski definition) is 3. The van der Waals surface area contributed by atoms with Crippen LogP contribution < -0.4 is 0 Å². The molecule has 3 N–H and O–H groups in total. The van der Waals surface area contributed by atoms with Gasteiger partial charge in [-0.1, -0.05) is 19.1 Å². The fourth-order valence-corrected chi connectivity index (χ4v) is 1.18. The second kappa shape index (κ2) is 5.78. The standard InChI is InChI=1S/C10H18O4/c1-4-5-8(11)6(2)9(12)7(3)10(13)14/h4-9,11-12H,1-3H3,(H,13,14)/b5-4+/t6-,7?,8+,9?/m0/s1. The first-order valence-electron chi connectivity index (χ1n) is 4.63. The molecule has 0 radical (unpaired) electrons. The van der Waals surface area contributed by atoms with E-state index in [4.69, 9.17) is 5.11 Å². The quantitative estimate of drug-likeness (QED) is 0.572. The van der Waals surface area contributed by atoms with E-state index in [1.54, 1.807) is 19.9 Å². The van der Waals surface area contributed by atoms with Gasteiger partial charge in [-0.25, -0.2) is 0 Å². The highest BCUT2D eigenvalue weighted by Crippen LogP contribution is 2.17. The molecule has 0 aromatic rings. The molecular weight excluding hydrogens is 184 g/mol. The molecule has 0 aromatic carbocycles. The van der Waals surface area contributed by atoms with Gasteiger partial charge < -0.3 is 15.3 Å². The Morgan fingerprint density at radius 2 is 1.79 bits per heavy atom. The Kier molecular flexibility index (Phi) is 5.42. The summed E-state index contributed by atoms with van der Waals surface area (Å²) in [7, 11) is 0. The van der Waals surface area contributed by atoms with Gasteiger partial charge in [-0.3, -0.25) is 4.79 Å². The van der Waals surface area contributed by atoms with E-state index in [0.717, 1.165) is 0 Å². The Hall–Kier alpha value is -0.870. The molecule has 4 atom stereocenters. The number of rotatable bonds is 5. The topological polar surface area (TPSA) is 77.8 Å². The molecule has 82 valence electrons. The van der Waals surface area contributed by atoms with Crippen LogP contribution in [0.4, 0.5) is 0 Å². The number of aliphatic hydroxyl groups is 2. The molecule has 2 unspecified atom stereocenters. The van der Waals surface area contributed by atoms with Crippen molar-refractivity contribution in [1.82, 2.24) is 0 Å². The number of aliphatic carboxylic acids is 1. The van der Waals surface area contributed by atoms with Crippen molar-refractivity contribution in [2.45, 2.75) is 33.0 Å². The van der Waals surface area contributed by atoms with Crippen LogP contribution in [-0.4, -0.2) is 33.5 Å². The monoisotopic (exact) mass is 202 g/mol. The summed E-state index contributed by atoms with van der Waals surface area (Å²) < 4.78 is 0. The minimum atomic E-state index is -1.06. The fraction of sp³-hybridized carbons (Fsp3) is 0.700. The third-order valence-corrected chi connectivity index (χ3v) is 2.37. The predicted octanol–water partition coefficient (Wildman–Crippen LogP) is 0.641. The van der Waals surface area contributed by atoms with E-state index in [-0.39, 0.29) is 0 Å². The molecule has 0 saturated carbocycles. The molecule has 0 aromatic heterocycles. The maximum Gasteiger partial charge on any atom is 0.308 e. The summed E-state index contributed by atoms with van der Waals surface area (Å²) in [5, 5.41) is 27.7. The van der Waals surface area contributed by atoms with Crippen LogP contribution in [0.5, 0.6) is 0 Å². The number of carboxylic acid groups (broad SMARTS) is 1. The van der Waals surface area contributed by atoms with Gasteiger partial charge in [0.1, 0.15) is 0 Å². The van der Waals surface area contributed by atoms with Gasteiger partial charge in [0.25, 0.3) is 0 Å². The highest BCUT2D eigenvalue weighted by Gasteiger charge is 2.29. The molecule has 0 aliphatic heterocycles. The lowest BCUT2D eigenvalue weighted by atomic mass is 9.89. The number of carbonyl (C=O) groups is 1. The second-order valence-corrected chi connectivity index (χ2v) is 3.49. The molecule has 0 rings (SSSR count). The van der Waals surface area contributed by atoms with Gasteiger partial charge in [0, 0.05) is 5.92 Å². The summed E-state index contributed by atoms with van der Waals surface area (Å²) in [5.41, 5.74) is 0. The Labute approximate surface area is 83.9 Å². The molecule has 0 amide bonds. The van der Waals surface area contributed by atoms with Crippen molar-refractivity contribution in [3.63, 3.8) is 0 Å². The average molecular weight is 202 g/mol. The predicted molar refractivity (Wildman–Crippen MR) is 52.8 cm³/mol. The van der Waals surface area contributed by atoms with Crippen LogP contribution in [0.25, 0.3) is 0 Å². The Balaban J connectivity index is 4.37. The van der Waals surface area contributed by atoms with Crippen molar-refractivity contribution in [2.24, 2.45) is 11.8 Å². The largest absolute Gasteiger partial charge is 0.481 e. The van der Waals surface area contributed by atoms with E-state index >= 15 is 0 Å². The maximum absolute atomic E-state index is 10.6. The van der Waals surface area contributed by atoms with E-state index in [0.29, 0.717) is 0 Å². The molecule has 0 saturated heterocycles. The van der Waals surface area contributed by atoms with Gasteiger partial charge in [-0.05, 0) is 13.8 Å². The zero-order chi connectivity index (χ0) is 11.3. The van der Waals surface area contributed by atoms with Crippen molar-refractivity contribution >= 4 is 5.97 Å². The van der Waals surface area contributed by atoms with Crippen molar-refractivity contribution in [3.8, 4) is 0 Å². The van der Waals surface area contributed by atoms with Gasteiger partial charge in [0.05, 0.1) is 18.1 Å². The number of hydrogen-bond acceptors (Lipinski definition) is 3. The lowest BCUT2D eigenvalue weighted by Crippen LogP contribution is -2.36. The fourth-order valence-electron chi connectivity index (χ4n) is 1.18. The molecule has 0 heterocycles. The Morgan fingerprint density at radius 1 is 1.29 bits per heavy atom. The van der Waals surface area contributed by atoms with E-state index in [1.807, 2.05) is 0 Å². The van der Waals surface area contributed by atoms with Crippen molar-refractivity contribution < 1.29 is 20.1 Å². The summed E-state index contributed by atoms with van der Waals surface area (Å²) >= 11 is 0. The summed E-state index contributed by atoms with van der Waals surface area (Å²) in [4.78, 5) is 10.6. The molecule has 4 heteroatoms. The minimum Gasteiger partial charge on any atom is -0.481 e. The number of carboxylic acids is 1. The van der Waals surface area contributed by atoms with Crippen LogP contribution in [0.3, 0.4) is 0 Å². The minimum absolute atomic E-state index is 0.489. The zero-order valence-corrected chi connectivity index (χ0v) is 8.71. The first-order chi connectivity index (χ1) is 6.41. The highest BCUT2D eigenvalue weighted by atomic mass is 16.4. The van der Waals surface area contributed by atoms with Crippen LogP contribution >= 0.6 is 0 Å².